The molecule has 0 saturated carbocycles. The summed E-state index contributed by atoms with van der Waals surface area (Å²) in [6.45, 7) is 0. The van der Waals surface area contributed by atoms with Crippen LogP contribution in [0.3, 0.4) is 0 Å². The molecule has 0 aromatic carbocycles. The molecular weight excluding hydrogens is 382 g/mol. The van der Waals surface area contributed by atoms with Crippen LogP contribution in [0.2, 0.25) is 0 Å². The topological polar surface area (TPSA) is 22.3 Å². The Kier molecular flexibility index (Phi) is 178. The van der Waals surface area contributed by atoms with Crippen LogP contribution in [0.5, 0.6) is 0 Å². The first-order valence-corrected chi connectivity index (χ1v) is 0.836. The van der Waals surface area contributed by atoms with Crippen LogP contribution in [0.15, 0.2) is 0 Å². The van der Waals surface area contributed by atoms with Crippen molar-refractivity contribution in [2.75, 3.05) is 0 Å². The van der Waals surface area contributed by atoms with Crippen LogP contribution in [0, 0.1) is 0 Å². The fourth-order valence-corrected chi connectivity index (χ4v) is 0. The molecule has 0 atom stereocenters. The standard InChI is InChI=1S/CNS.BrH.HI.3K/c2-1-3;;;;;/h;2*1H;;;/q-1;;;3*+1/p-2. The molecule has 0 spiro atoms. The molecule has 0 bridgehead atoms. The van der Waals surface area contributed by atoms with Crippen LogP contribution < -0.4 is 195 Å². The molecule has 8 heavy (non-hydrogen) atoms. The molecule has 0 saturated heterocycles. The number of thiocarbonyl (C=S) groups is 1. The van der Waals surface area contributed by atoms with Crippen LogP contribution in [-0.4, -0.2) is 5.16 Å². The molecule has 0 aliphatic carbocycles. The third kappa shape index (κ3) is 40.6. The largest absolute Gasteiger partial charge is 1.00 e. The Bertz CT molecular complexity index is 40.3. The predicted octanol–water partition coefficient (Wildman–Crippen LogP) is -14.3. The molecule has 1 nitrogen and oxygen atoms in total. The van der Waals surface area contributed by atoms with Crippen molar-refractivity contribution < 1.29 is 195 Å². The van der Waals surface area contributed by atoms with Gasteiger partial charge in [0.05, 0.1) is 0 Å². The molecule has 0 aliphatic rings. The molecule has 0 amide bonds. The molecule has 0 fully saturated rings. The van der Waals surface area contributed by atoms with E-state index < -0.39 is 0 Å². The number of isothiocyanates is 1. The molecule has 0 radical (unpaired) electrons. The van der Waals surface area contributed by atoms with Gasteiger partial charge in [0.25, 0.3) is 0 Å². The van der Waals surface area contributed by atoms with Gasteiger partial charge in [-0.2, -0.15) is 5.16 Å². The Morgan fingerprint density at radius 3 is 1.12 bits per heavy atom. The minimum atomic E-state index is 0. The second-order valence-electron chi connectivity index (χ2n) is 0.0913. The molecule has 0 rings (SSSR count). The second-order valence-corrected chi connectivity index (χ2v) is 0.274. The van der Waals surface area contributed by atoms with Gasteiger partial charge in [-0.1, -0.05) is 12.2 Å². The van der Waals surface area contributed by atoms with Crippen LogP contribution in [0.4, 0.5) is 0 Å². The quantitative estimate of drug-likeness (QED) is 0.177. The first-order chi connectivity index (χ1) is 1.41. The van der Waals surface area contributed by atoms with Gasteiger partial charge in [0.1, 0.15) is 0 Å². The number of halogens is 2. The van der Waals surface area contributed by atoms with E-state index in [1.807, 2.05) is 0 Å². The zero-order chi connectivity index (χ0) is 2.71. The molecule has 0 heterocycles. The van der Waals surface area contributed by atoms with E-state index in [-0.39, 0.29) is 195 Å². The van der Waals surface area contributed by atoms with Crippen LogP contribution in [0.25, 0.3) is 5.41 Å². The average molecular weight is 382 g/mol. The minimum absolute atomic E-state index is 0. The molecule has 32 valence electrons. The summed E-state index contributed by atoms with van der Waals surface area (Å²) in [4.78, 5) is 0. The summed E-state index contributed by atoms with van der Waals surface area (Å²) in [6, 6.07) is 0. The fraction of sp³-hybridized carbons (Fsp3) is 0. The van der Waals surface area contributed by atoms with E-state index in [2.05, 4.69) is 12.2 Å². The van der Waals surface area contributed by atoms with E-state index in [4.69, 9.17) is 5.41 Å². The normalized spacial score (nSPS) is 1.00. The zero-order valence-corrected chi connectivity index (χ0v) is 19.0. The Hall–Kier alpha value is 5.92. The average Bonchev–Trinajstić information content (AvgIpc) is 0.918. The summed E-state index contributed by atoms with van der Waals surface area (Å²) in [5.41, 5.74) is 0. The van der Waals surface area contributed by atoms with Gasteiger partial charge in [0.15, 0.2) is 0 Å². The van der Waals surface area contributed by atoms with Crippen molar-refractivity contribution in [1.29, 1.82) is 0 Å². The van der Waals surface area contributed by atoms with Crippen molar-refractivity contribution in [1.82, 2.24) is 0 Å². The van der Waals surface area contributed by atoms with Crippen molar-refractivity contribution >= 4 is 17.4 Å². The van der Waals surface area contributed by atoms with E-state index in [1.165, 1.54) is 5.16 Å². The molecule has 0 N–H and O–H groups in total. The van der Waals surface area contributed by atoms with Gasteiger partial charge in [-0.05, 0) is 0 Å². The number of rotatable bonds is 0. The number of hydrogen-bond acceptors (Lipinski definition) is 1. The first kappa shape index (κ1) is 37.0. The maximum atomic E-state index is 7.13. The van der Waals surface area contributed by atoms with Crippen molar-refractivity contribution in [3.63, 3.8) is 0 Å². The summed E-state index contributed by atoms with van der Waals surface area (Å²) in [7, 11) is 0. The molecule has 0 aliphatic heterocycles. The maximum Gasteiger partial charge on any atom is 1.00 e. The third-order valence-corrected chi connectivity index (χ3v) is 0. The fourth-order valence-electron chi connectivity index (χ4n) is 0. The third-order valence-electron chi connectivity index (χ3n) is 0. The Morgan fingerprint density at radius 1 is 1.12 bits per heavy atom. The van der Waals surface area contributed by atoms with Gasteiger partial charge in [-0.15, -0.1) is 0 Å². The summed E-state index contributed by atoms with van der Waals surface area (Å²) < 4.78 is 0. The van der Waals surface area contributed by atoms with E-state index >= 15 is 0 Å². The van der Waals surface area contributed by atoms with Crippen molar-refractivity contribution in [2.45, 2.75) is 0 Å². The smallest absolute Gasteiger partial charge is 1.00 e. The SMILES string of the molecule is [Br-].[I-].[K+].[K+].[K+].[N-]=C=S. The van der Waals surface area contributed by atoms with E-state index in [0.717, 1.165) is 0 Å². The summed E-state index contributed by atoms with van der Waals surface area (Å²) in [5, 5.41) is 8.47. The zero-order valence-electron chi connectivity index (χ0n) is 5.11. The van der Waals surface area contributed by atoms with E-state index in [1.54, 1.807) is 0 Å². The van der Waals surface area contributed by atoms with Gasteiger partial charge in [0.2, 0.25) is 0 Å². The summed E-state index contributed by atoms with van der Waals surface area (Å²) in [5.74, 6) is 0. The Balaban J connectivity index is -0.00000000200. The number of nitrogens with zero attached hydrogens (tertiary/aromatic N) is 1. The van der Waals surface area contributed by atoms with Gasteiger partial charge >= 0.3 is 154 Å². The van der Waals surface area contributed by atoms with Gasteiger partial charge in [-0.3, -0.25) is 0 Å². The van der Waals surface area contributed by atoms with Gasteiger partial charge < -0.3 is 46.4 Å². The van der Waals surface area contributed by atoms with Crippen LogP contribution in [0.1, 0.15) is 0 Å². The minimum Gasteiger partial charge on any atom is -1.00 e. The maximum absolute atomic E-state index is 7.13. The monoisotopic (exact) mass is 381 g/mol. The van der Waals surface area contributed by atoms with E-state index in [9.17, 15) is 0 Å². The summed E-state index contributed by atoms with van der Waals surface area (Å²) in [6.07, 6.45) is 0. The predicted molar refractivity (Wildman–Crippen MR) is 16.0 cm³/mol. The molecule has 0 unspecified atom stereocenters. The van der Waals surface area contributed by atoms with Crippen LogP contribution in [-0.2, 0) is 0 Å². The Morgan fingerprint density at radius 2 is 1.12 bits per heavy atom. The second kappa shape index (κ2) is 38.3. The summed E-state index contributed by atoms with van der Waals surface area (Å²) >= 11 is 3.70. The van der Waals surface area contributed by atoms with Crippen molar-refractivity contribution in [2.24, 2.45) is 0 Å². The van der Waals surface area contributed by atoms with Crippen LogP contribution >= 0.6 is 12.2 Å². The van der Waals surface area contributed by atoms with Crippen molar-refractivity contribution in [3.8, 4) is 0 Å². The molecule has 7 heteroatoms. The molecule has 0 aromatic heterocycles. The number of hydrogen-bond donors (Lipinski definition) is 0. The molecular formula is CBrIK3NS. The van der Waals surface area contributed by atoms with Gasteiger partial charge in [0, 0.05) is 0 Å². The van der Waals surface area contributed by atoms with Crippen molar-refractivity contribution in [3.05, 3.63) is 5.41 Å². The Labute approximate surface area is 210 Å². The van der Waals surface area contributed by atoms with Gasteiger partial charge in [-0.25, -0.2) is 0 Å². The first-order valence-electron chi connectivity index (χ1n) is 0.428. The van der Waals surface area contributed by atoms with E-state index in [0.29, 0.717) is 0 Å². The molecule has 0 aromatic rings.